The van der Waals surface area contributed by atoms with Gasteiger partial charge in [0.2, 0.25) is 5.91 Å². The number of anilines is 1. The van der Waals surface area contributed by atoms with Crippen LogP contribution in [-0.4, -0.2) is 62.1 Å². The molecular formula is C27H34F3N3O3S. The molecule has 2 heterocycles. The lowest BCUT2D eigenvalue weighted by Gasteiger charge is -2.36. The first-order valence-corrected chi connectivity index (χ1v) is 14.1. The van der Waals surface area contributed by atoms with Crippen molar-refractivity contribution in [2.45, 2.75) is 51.2 Å². The fraction of sp³-hybridized carbons (Fsp3) is 0.630. The Kier molecular flexibility index (Phi) is 7.68. The Bertz CT molecular complexity index is 1120. The molecule has 1 saturated heterocycles. The summed E-state index contributed by atoms with van der Waals surface area (Å²) < 4.78 is 44.9. The fourth-order valence-corrected chi connectivity index (χ4v) is 6.76. The lowest BCUT2D eigenvalue weighted by Crippen LogP contribution is -2.47. The number of nitrogens with zero attached hydrogens (tertiary/aromatic N) is 2. The topological polar surface area (TPSA) is 61.9 Å². The highest BCUT2D eigenvalue weighted by atomic mass is 32.1. The van der Waals surface area contributed by atoms with Crippen LogP contribution in [0.3, 0.4) is 0 Å². The number of hydrogen-bond donors (Lipinski definition) is 1. The van der Waals surface area contributed by atoms with E-state index in [-0.39, 0.29) is 29.8 Å². The molecule has 3 aliphatic rings. The van der Waals surface area contributed by atoms with Gasteiger partial charge in [-0.1, -0.05) is 6.07 Å². The maximum atomic E-state index is 13.0. The van der Waals surface area contributed by atoms with E-state index in [1.54, 1.807) is 6.07 Å². The van der Waals surface area contributed by atoms with Gasteiger partial charge < -0.3 is 15.0 Å². The summed E-state index contributed by atoms with van der Waals surface area (Å²) in [7, 11) is 0. The molecule has 1 amide bonds. The molecule has 2 aromatic rings. The highest BCUT2D eigenvalue weighted by Gasteiger charge is 2.44. The van der Waals surface area contributed by atoms with Gasteiger partial charge in [0.25, 0.3) is 0 Å². The van der Waals surface area contributed by atoms with Crippen molar-refractivity contribution in [2.75, 3.05) is 44.2 Å². The van der Waals surface area contributed by atoms with E-state index >= 15 is 0 Å². The van der Waals surface area contributed by atoms with E-state index in [0.29, 0.717) is 17.2 Å². The summed E-state index contributed by atoms with van der Waals surface area (Å²) in [5, 5.41) is 6.05. The minimum absolute atomic E-state index is 0.0372. The fourth-order valence-electron chi connectivity index (χ4n) is 5.75. The second-order valence-electron chi connectivity index (χ2n) is 10.5. The zero-order valence-corrected chi connectivity index (χ0v) is 21.9. The number of esters is 1. The minimum Gasteiger partial charge on any atom is -0.466 e. The Balaban J connectivity index is 1.05. The maximum absolute atomic E-state index is 13.0. The lowest BCUT2D eigenvalue weighted by molar-refractivity contribution is -0.149. The lowest BCUT2D eigenvalue weighted by atomic mass is 9.86. The van der Waals surface area contributed by atoms with Crippen LogP contribution in [0.1, 0.15) is 44.6 Å². The molecule has 5 rings (SSSR count). The van der Waals surface area contributed by atoms with Crippen LogP contribution in [0.15, 0.2) is 23.6 Å². The second-order valence-corrected chi connectivity index (χ2v) is 11.4. The molecule has 0 unspecified atom stereocenters. The first-order valence-electron chi connectivity index (χ1n) is 13.3. The first-order chi connectivity index (χ1) is 17.7. The van der Waals surface area contributed by atoms with Gasteiger partial charge in [-0.15, -0.1) is 11.3 Å². The number of hydrogen-bond acceptors (Lipinski definition) is 6. The van der Waals surface area contributed by atoms with E-state index in [2.05, 4.69) is 15.1 Å². The summed E-state index contributed by atoms with van der Waals surface area (Å²) in [5.74, 6) is 0.447. The third kappa shape index (κ3) is 6.06. The van der Waals surface area contributed by atoms with Crippen LogP contribution in [0.25, 0.3) is 10.1 Å². The van der Waals surface area contributed by atoms with Crippen molar-refractivity contribution in [3.05, 3.63) is 29.1 Å². The van der Waals surface area contributed by atoms with Crippen molar-refractivity contribution in [3.8, 4) is 0 Å². The molecule has 1 aromatic heterocycles. The quantitative estimate of drug-likeness (QED) is 0.509. The number of amides is 1. The molecule has 2 aliphatic carbocycles. The van der Waals surface area contributed by atoms with Crippen molar-refractivity contribution in [1.82, 2.24) is 10.2 Å². The highest BCUT2D eigenvalue weighted by Crippen LogP contribution is 2.41. The summed E-state index contributed by atoms with van der Waals surface area (Å²) in [6, 6.07) is 4.15. The molecule has 0 spiro atoms. The number of fused-ring (bicyclic) bond motifs is 1. The van der Waals surface area contributed by atoms with Crippen LogP contribution in [0.4, 0.5) is 18.9 Å². The Hall–Kier alpha value is -2.33. The van der Waals surface area contributed by atoms with Crippen LogP contribution in [-0.2, 0) is 20.5 Å². The van der Waals surface area contributed by atoms with Crippen LogP contribution < -0.4 is 10.2 Å². The SMILES string of the molecule is CCOC(=O)C1CCC(NC(=O)[C@@H]2C[C@H]2CN2CCN(c3csc4cc(C(F)(F)F)ccc34)CC2)CC1. The number of ether oxygens (including phenoxy) is 1. The molecule has 1 N–H and O–H groups in total. The second kappa shape index (κ2) is 10.8. The Morgan fingerprint density at radius 2 is 1.84 bits per heavy atom. The molecule has 37 heavy (non-hydrogen) atoms. The standard InChI is InChI=1S/C27H34F3N3O3S/c1-2-36-26(35)17-3-6-20(7-4-17)31-25(34)22-13-18(22)15-32-9-11-33(12-10-32)23-16-37-24-14-19(27(28,29)30)5-8-21(23)24/h5,8,14,16-18,20,22H,2-4,6-7,9-13,15H2,1H3,(H,31,34)/t17?,18-,20?,22+/m0/s1. The van der Waals surface area contributed by atoms with Gasteiger partial charge in [-0.05, 0) is 57.1 Å². The van der Waals surface area contributed by atoms with E-state index in [0.717, 1.165) is 75.9 Å². The summed E-state index contributed by atoms with van der Waals surface area (Å²) in [6.07, 6.45) is -0.227. The molecule has 2 saturated carbocycles. The van der Waals surface area contributed by atoms with Crippen LogP contribution >= 0.6 is 11.3 Å². The van der Waals surface area contributed by atoms with Gasteiger partial charge in [-0.2, -0.15) is 13.2 Å². The monoisotopic (exact) mass is 537 g/mol. The van der Waals surface area contributed by atoms with Crippen molar-refractivity contribution in [2.24, 2.45) is 17.8 Å². The number of thiophene rings is 1. The molecule has 6 nitrogen and oxygen atoms in total. The van der Waals surface area contributed by atoms with Gasteiger partial charge in [-0.3, -0.25) is 14.5 Å². The number of carbonyl (C=O) groups excluding carboxylic acids is 2. The predicted octanol–water partition coefficient (Wildman–Crippen LogP) is 4.92. The van der Waals surface area contributed by atoms with Crippen molar-refractivity contribution in [3.63, 3.8) is 0 Å². The number of rotatable bonds is 7. The van der Waals surface area contributed by atoms with Gasteiger partial charge in [0.15, 0.2) is 0 Å². The zero-order chi connectivity index (χ0) is 26.2. The van der Waals surface area contributed by atoms with Crippen molar-refractivity contribution >= 4 is 39.0 Å². The van der Waals surface area contributed by atoms with E-state index in [1.807, 2.05) is 12.3 Å². The number of alkyl halides is 3. The average Bonchev–Trinajstić information content (AvgIpc) is 3.52. The summed E-state index contributed by atoms with van der Waals surface area (Å²) in [5.41, 5.74) is 0.403. The van der Waals surface area contributed by atoms with Gasteiger partial charge >= 0.3 is 12.1 Å². The smallest absolute Gasteiger partial charge is 0.416 e. The minimum atomic E-state index is -4.33. The van der Waals surface area contributed by atoms with Gasteiger partial charge in [0, 0.05) is 60.1 Å². The summed E-state index contributed by atoms with van der Waals surface area (Å²) >= 11 is 1.36. The zero-order valence-electron chi connectivity index (χ0n) is 21.1. The number of nitrogens with one attached hydrogen (secondary N) is 1. The molecule has 3 fully saturated rings. The Morgan fingerprint density at radius 3 is 2.51 bits per heavy atom. The third-order valence-electron chi connectivity index (χ3n) is 8.04. The largest absolute Gasteiger partial charge is 0.466 e. The van der Waals surface area contributed by atoms with E-state index in [9.17, 15) is 22.8 Å². The maximum Gasteiger partial charge on any atom is 0.416 e. The van der Waals surface area contributed by atoms with Crippen LogP contribution in [0.5, 0.6) is 0 Å². The molecule has 0 radical (unpaired) electrons. The van der Waals surface area contributed by atoms with Gasteiger partial charge in [0.05, 0.1) is 23.8 Å². The molecule has 10 heteroatoms. The molecule has 1 aromatic carbocycles. The highest BCUT2D eigenvalue weighted by molar-refractivity contribution is 7.17. The number of piperazine rings is 1. The molecule has 2 atom stereocenters. The number of halogens is 3. The molecule has 0 bridgehead atoms. The Labute approximate surface area is 219 Å². The number of benzene rings is 1. The number of carbonyl (C=O) groups is 2. The Morgan fingerprint density at radius 1 is 1.11 bits per heavy atom. The molecule has 1 aliphatic heterocycles. The van der Waals surface area contributed by atoms with Crippen LogP contribution in [0, 0.1) is 17.8 Å². The van der Waals surface area contributed by atoms with E-state index in [4.69, 9.17) is 4.74 Å². The first kappa shape index (κ1) is 26.3. The van der Waals surface area contributed by atoms with Crippen molar-refractivity contribution < 1.29 is 27.5 Å². The third-order valence-corrected chi connectivity index (χ3v) is 8.97. The van der Waals surface area contributed by atoms with Gasteiger partial charge in [-0.25, -0.2) is 0 Å². The molecular weight excluding hydrogens is 503 g/mol. The molecule has 202 valence electrons. The predicted molar refractivity (Wildman–Crippen MR) is 138 cm³/mol. The normalized spacial score (nSPS) is 26.8. The van der Waals surface area contributed by atoms with Gasteiger partial charge in [0.1, 0.15) is 0 Å². The van der Waals surface area contributed by atoms with Crippen LogP contribution in [0.2, 0.25) is 0 Å². The van der Waals surface area contributed by atoms with E-state index in [1.165, 1.54) is 23.5 Å². The average molecular weight is 538 g/mol. The van der Waals surface area contributed by atoms with Crippen molar-refractivity contribution in [1.29, 1.82) is 0 Å². The van der Waals surface area contributed by atoms with E-state index < -0.39 is 11.7 Å². The summed E-state index contributed by atoms with van der Waals surface area (Å²) in [6.45, 7) is 6.52. The summed E-state index contributed by atoms with van der Waals surface area (Å²) in [4.78, 5) is 29.3.